The van der Waals surface area contributed by atoms with Gasteiger partial charge in [-0.2, -0.15) is 9.67 Å². The number of aryl methyl sites for hydroxylation is 1. The molecular weight excluding hydrogens is 368 g/mol. The Labute approximate surface area is 154 Å². The molecule has 27 heavy (non-hydrogen) atoms. The molecule has 0 fully saturated rings. The Hall–Kier alpha value is -3.44. The van der Waals surface area contributed by atoms with Crippen molar-refractivity contribution in [3.8, 4) is 5.95 Å². The molecule has 0 bridgehead atoms. The number of fused-ring (bicyclic) bond motifs is 1. The van der Waals surface area contributed by atoms with Gasteiger partial charge in [-0.05, 0) is 36.4 Å². The fourth-order valence-electron chi connectivity index (χ4n) is 2.70. The van der Waals surface area contributed by atoms with Crippen LogP contribution in [0.5, 0.6) is 0 Å². The van der Waals surface area contributed by atoms with Crippen molar-refractivity contribution in [2.45, 2.75) is 4.90 Å². The van der Waals surface area contributed by atoms with Crippen molar-refractivity contribution in [3.05, 3.63) is 48.5 Å². The highest BCUT2D eigenvalue weighted by Crippen LogP contribution is 2.21. The zero-order valence-electron chi connectivity index (χ0n) is 14.2. The molecule has 4 rings (SSSR count). The van der Waals surface area contributed by atoms with Crippen molar-refractivity contribution >= 4 is 38.6 Å². The predicted octanol–water partition coefficient (Wildman–Crippen LogP) is 1.13. The number of nitrogen functional groups attached to an aromatic ring is 1. The maximum absolute atomic E-state index is 11.3. The van der Waals surface area contributed by atoms with Crippen LogP contribution in [-0.2, 0) is 17.1 Å². The van der Waals surface area contributed by atoms with E-state index in [2.05, 4.69) is 20.4 Å². The van der Waals surface area contributed by atoms with Crippen LogP contribution < -0.4 is 16.2 Å². The van der Waals surface area contributed by atoms with E-state index in [1.54, 1.807) is 12.1 Å². The Kier molecular flexibility index (Phi) is 3.82. The van der Waals surface area contributed by atoms with E-state index >= 15 is 0 Å². The molecule has 0 unspecified atom stereocenters. The summed E-state index contributed by atoms with van der Waals surface area (Å²) in [4.78, 5) is 8.74. The largest absolute Gasteiger partial charge is 0.368 e. The Morgan fingerprint density at radius 3 is 2.41 bits per heavy atom. The molecule has 0 aliphatic carbocycles. The Morgan fingerprint density at radius 1 is 1.04 bits per heavy atom. The molecule has 0 aliphatic rings. The van der Waals surface area contributed by atoms with Gasteiger partial charge >= 0.3 is 0 Å². The molecule has 2 aromatic heterocycles. The van der Waals surface area contributed by atoms with Crippen LogP contribution in [-0.4, -0.2) is 32.7 Å². The van der Waals surface area contributed by atoms with Gasteiger partial charge in [0.25, 0.3) is 0 Å². The normalized spacial score (nSPS) is 11.8. The maximum Gasteiger partial charge on any atom is 0.248 e. The molecule has 5 N–H and O–H groups in total. The Bertz CT molecular complexity index is 1240. The zero-order chi connectivity index (χ0) is 19.2. The fourth-order valence-corrected chi connectivity index (χ4v) is 3.22. The van der Waals surface area contributed by atoms with Gasteiger partial charge in [0.05, 0.1) is 15.9 Å². The van der Waals surface area contributed by atoms with E-state index in [0.29, 0.717) is 11.6 Å². The molecule has 138 valence electrons. The standard InChI is InChI=1S/C16H16N8O2S/c1-23-13-5-3-2-4-12(13)20-16(23)24-14(17)21-15(22-24)19-10-6-8-11(9-7-10)27(18,25)26/h2-9H,1H3,(H2,18,25,26)(H3,17,19,21,22). The van der Waals surface area contributed by atoms with Gasteiger partial charge in [0, 0.05) is 12.7 Å². The lowest BCUT2D eigenvalue weighted by Gasteiger charge is -2.03. The minimum Gasteiger partial charge on any atom is -0.368 e. The number of nitrogens with zero attached hydrogens (tertiary/aromatic N) is 5. The molecule has 0 saturated carbocycles. The van der Waals surface area contributed by atoms with E-state index in [-0.39, 0.29) is 16.8 Å². The summed E-state index contributed by atoms with van der Waals surface area (Å²) in [6.07, 6.45) is 0. The summed E-state index contributed by atoms with van der Waals surface area (Å²) >= 11 is 0. The molecule has 2 heterocycles. The number of sulfonamides is 1. The highest BCUT2D eigenvalue weighted by Gasteiger charge is 2.15. The quantitative estimate of drug-likeness (QED) is 0.478. The number of hydrogen-bond acceptors (Lipinski definition) is 7. The van der Waals surface area contributed by atoms with Crippen molar-refractivity contribution in [3.63, 3.8) is 0 Å². The van der Waals surface area contributed by atoms with Crippen LogP contribution in [0.4, 0.5) is 17.6 Å². The first-order chi connectivity index (χ1) is 12.8. The van der Waals surface area contributed by atoms with E-state index < -0.39 is 10.0 Å². The maximum atomic E-state index is 11.3. The molecule has 0 aliphatic heterocycles. The monoisotopic (exact) mass is 384 g/mol. The lowest BCUT2D eigenvalue weighted by Crippen LogP contribution is -2.11. The average molecular weight is 384 g/mol. The minimum absolute atomic E-state index is 0.0192. The number of nitrogens with two attached hydrogens (primary N) is 2. The summed E-state index contributed by atoms with van der Waals surface area (Å²) < 4.78 is 25.9. The van der Waals surface area contributed by atoms with Crippen molar-refractivity contribution in [2.75, 3.05) is 11.1 Å². The van der Waals surface area contributed by atoms with Crippen molar-refractivity contribution in [1.82, 2.24) is 24.3 Å². The summed E-state index contributed by atoms with van der Waals surface area (Å²) in [5.41, 5.74) is 8.34. The summed E-state index contributed by atoms with van der Waals surface area (Å²) in [5, 5.41) is 12.4. The minimum atomic E-state index is -3.74. The van der Waals surface area contributed by atoms with Gasteiger partial charge in [-0.15, -0.1) is 5.10 Å². The van der Waals surface area contributed by atoms with Gasteiger partial charge in [0.1, 0.15) is 0 Å². The van der Waals surface area contributed by atoms with E-state index in [0.717, 1.165) is 11.0 Å². The topological polar surface area (TPSA) is 147 Å². The van der Waals surface area contributed by atoms with Crippen molar-refractivity contribution < 1.29 is 8.42 Å². The van der Waals surface area contributed by atoms with Gasteiger partial charge in [0.15, 0.2) is 0 Å². The third-order valence-electron chi connectivity index (χ3n) is 4.02. The highest BCUT2D eigenvalue weighted by atomic mass is 32.2. The van der Waals surface area contributed by atoms with E-state index in [4.69, 9.17) is 10.9 Å². The van der Waals surface area contributed by atoms with Crippen LogP contribution in [0.2, 0.25) is 0 Å². The number of nitrogens with one attached hydrogen (secondary N) is 1. The summed E-state index contributed by atoms with van der Waals surface area (Å²) in [6, 6.07) is 13.6. The molecular formula is C16H16N8O2S. The molecule has 2 aromatic carbocycles. The zero-order valence-corrected chi connectivity index (χ0v) is 15.1. The van der Waals surface area contributed by atoms with Crippen LogP contribution in [0.3, 0.4) is 0 Å². The first-order valence-electron chi connectivity index (χ1n) is 7.87. The number of benzene rings is 2. The van der Waals surface area contributed by atoms with Crippen LogP contribution in [0.1, 0.15) is 0 Å². The molecule has 0 spiro atoms. The summed E-state index contributed by atoms with van der Waals surface area (Å²) in [6.45, 7) is 0. The lowest BCUT2D eigenvalue weighted by molar-refractivity contribution is 0.598. The molecule has 0 amide bonds. The van der Waals surface area contributed by atoms with Gasteiger partial charge in [-0.1, -0.05) is 12.1 Å². The number of imidazole rings is 1. The summed E-state index contributed by atoms with van der Waals surface area (Å²) in [5.74, 6) is 0.943. The molecule has 10 nitrogen and oxygen atoms in total. The second-order valence-corrected chi connectivity index (χ2v) is 7.42. The Balaban J connectivity index is 1.66. The van der Waals surface area contributed by atoms with E-state index in [9.17, 15) is 8.42 Å². The number of primary sulfonamides is 1. The van der Waals surface area contributed by atoms with Gasteiger partial charge < -0.3 is 15.6 Å². The van der Waals surface area contributed by atoms with Crippen LogP contribution in [0.25, 0.3) is 17.0 Å². The number of para-hydroxylation sites is 2. The smallest absolute Gasteiger partial charge is 0.248 e. The molecule has 0 saturated heterocycles. The number of hydrogen-bond donors (Lipinski definition) is 3. The van der Waals surface area contributed by atoms with Gasteiger partial charge in [0.2, 0.25) is 27.9 Å². The second kappa shape index (κ2) is 6.07. The highest BCUT2D eigenvalue weighted by molar-refractivity contribution is 7.89. The third kappa shape index (κ3) is 3.09. The number of anilines is 3. The van der Waals surface area contributed by atoms with Crippen molar-refractivity contribution in [1.29, 1.82) is 0 Å². The third-order valence-corrected chi connectivity index (χ3v) is 4.95. The Morgan fingerprint density at radius 2 is 1.74 bits per heavy atom. The predicted molar refractivity (Wildman–Crippen MR) is 101 cm³/mol. The lowest BCUT2D eigenvalue weighted by atomic mass is 10.3. The van der Waals surface area contributed by atoms with Gasteiger partial charge in [-0.3, -0.25) is 0 Å². The first-order valence-corrected chi connectivity index (χ1v) is 9.42. The molecule has 0 radical (unpaired) electrons. The fraction of sp³-hybridized carbons (Fsp3) is 0.0625. The molecule has 0 atom stereocenters. The van der Waals surface area contributed by atoms with E-state index in [1.807, 2.05) is 35.9 Å². The molecule has 4 aromatic rings. The number of aromatic nitrogens is 5. The number of rotatable bonds is 4. The molecule has 11 heteroatoms. The van der Waals surface area contributed by atoms with Gasteiger partial charge in [-0.25, -0.2) is 18.5 Å². The first kappa shape index (κ1) is 17.0. The van der Waals surface area contributed by atoms with E-state index in [1.165, 1.54) is 16.8 Å². The van der Waals surface area contributed by atoms with Crippen LogP contribution >= 0.6 is 0 Å². The SMILES string of the molecule is Cn1c(-n2nc(Nc3ccc(S(N)(=O)=O)cc3)nc2N)nc2ccccc21. The van der Waals surface area contributed by atoms with Crippen molar-refractivity contribution in [2.24, 2.45) is 12.2 Å². The summed E-state index contributed by atoms with van der Waals surface area (Å²) in [7, 11) is -1.88. The second-order valence-electron chi connectivity index (χ2n) is 5.86. The average Bonchev–Trinajstić information content (AvgIpc) is 3.15. The van der Waals surface area contributed by atoms with Crippen LogP contribution in [0.15, 0.2) is 53.4 Å². The van der Waals surface area contributed by atoms with Crippen LogP contribution in [0, 0.1) is 0 Å².